The number of nitrogens with one attached hydrogen (secondary N) is 1. The highest BCUT2D eigenvalue weighted by atomic mass is 16.5. The zero-order valence-corrected chi connectivity index (χ0v) is 11.4. The molecule has 0 aliphatic heterocycles. The minimum Gasteiger partial charge on any atom is -0.497 e. The van der Waals surface area contributed by atoms with Crippen molar-refractivity contribution in [2.75, 3.05) is 20.3 Å². The van der Waals surface area contributed by atoms with Crippen LogP contribution in [0.15, 0.2) is 24.3 Å². The molecule has 1 amide bonds. The Morgan fingerprint density at radius 3 is 3.05 bits per heavy atom. The molecule has 0 spiro atoms. The summed E-state index contributed by atoms with van der Waals surface area (Å²) in [7, 11) is 1.65. The zero-order chi connectivity index (χ0) is 13.8. The predicted molar refractivity (Wildman–Crippen MR) is 73.1 cm³/mol. The average molecular weight is 263 g/mol. The zero-order valence-electron chi connectivity index (χ0n) is 11.4. The maximum absolute atomic E-state index is 11.9. The van der Waals surface area contributed by atoms with Gasteiger partial charge in [-0.2, -0.15) is 0 Å². The van der Waals surface area contributed by atoms with Crippen molar-refractivity contribution in [3.63, 3.8) is 0 Å². The number of hydrogen-bond acceptors (Lipinski definition) is 3. The van der Waals surface area contributed by atoms with E-state index in [1.807, 2.05) is 31.2 Å². The lowest BCUT2D eigenvalue weighted by atomic mass is 10.1. The summed E-state index contributed by atoms with van der Waals surface area (Å²) in [5.74, 6) is 1.40. The summed E-state index contributed by atoms with van der Waals surface area (Å²) in [5.41, 5.74) is 1.16. The van der Waals surface area contributed by atoms with Gasteiger partial charge in [0.25, 0.3) is 0 Å². The summed E-state index contributed by atoms with van der Waals surface area (Å²) >= 11 is 0. The largest absolute Gasteiger partial charge is 0.497 e. The quantitative estimate of drug-likeness (QED) is 0.818. The van der Waals surface area contributed by atoms with Crippen molar-refractivity contribution in [2.24, 2.45) is 11.8 Å². The Bertz CT molecular complexity index is 447. The molecule has 1 fully saturated rings. The Morgan fingerprint density at radius 2 is 2.37 bits per heavy atom. The van der Waals surface area contributed by atoms with Gasteiger partial charge in [-0.25, -0.2) is 0 Å². The van der Waals surface area contributed by atoms with Crippen LogP contribution < -0.4 is 10.1 Å². The number of hydrogen-bond donors (Lipinski definition) is 2. The minimum atomic E-state index is 0.0676. The van der Waals surface area contributed by atoms with Crippen molar-refractivity contribution >= 4 is 5.91 Å². The van der Waals surface area contributed by atoms with E-state index in [4.69, 9.17) is 9.84 Å². The van der Waals surface area contributed by atoms with Crippen LogP contribution in [0.1, 0.15) is 24.8 Å². The van der Waals surface area contributed by atoms with Gasteiger partial charge in [0.05, 0.1) is 7.11 Å². The van der Waals surface area contributed by atoms with E-state index in [-0.39, 0.29) is 24.3 Å². The van der Waals surface area contributed by atoms with E-state index in [0.29, 0.717) is 12.5 Å². The molecule has 0 radical (unpaired) electrons. The second kappa shape index (κ2) is 6.06. The molecule has 2 N–H and O–H groups in total. The molecule has 0 saturated heterocycles. The van der Waals surface area contributed by atoms with Crippen LogP contribution in [0.2, 0.25) is 0 Å². The van der Waals surface area contributed by atoms with Crippen LogP contribution in [-0.4, -0.2) is 31.3 Å². The number of amides is 1. The van der Waals surface area contributed by atoms with E-state index in [2.05, 4.69) is 5.32 Å². The molecule has 19 heavy (non-hydrogen) atoms. The second-order valence-corrected chi connectivity index (χ2v) is 5.26. The lowest BCUT2D eigenvalue weighted by Gasteiger charge is -2.09. The smallest absolute Gasteiger partial charge is 0.223 e. The molecule has 4 nitrogen and oxygen atoms in total. The van der Waals surface area contributed by atoms with Gasteiger partial charge >= 0.3 is 0 Å². The highest BCUT2D eigenvalue weighted by Gasteiger charge is 2.43. The van der Waals surface area contributed by atoms with Gasteiger partial charge in [0.1, 0.15) is 5.75 Å². The van der Waals surface area contributed by atoms with Crippen LogP contribution in [0.3, 0.4) is 0 Å². The second-order valence-electron chi connectivity index (χ2n) is 5.26. The van der Waals surface area contributed by atoms with Crippen molar-refractivity contribution in [2.45, 2.75) is 19.3 Å². The van der Waals surface area contributed by atoms with Gasteiger partial charge in [-0.3, -0.25) is 4.79 Å². The summed E-state index contributed by atoms with van der Waals surface area (Å²) in [6, 6.07) is 7.89. The molecule has 1 aromatic rings. The first kappa shape index (κ1) is 13.9. The minimum absolute atomic E-state index is 0.0676. The third kappa shape index (κ3) is 3.47. The maximum Gasteiger partial charge on any atom is 0.223 e. The molecule has 1 aromatic carbocycles. The summed E-state index contributed by atoms with van der Waals surface area (Å²) in [6.45, 7) is 2.55. The first-order valence-corrected chi connectivity index (χ1v) is 6.68. The van der Waals surface area contributed by atoms with Crippen LogP contribution in [0, 0.1) is 11.8 Å². The van der Waals surface area contributed by atoms with E-state index < -0.39 is 0 Å². The summed E-state index contributed by atoms with van der Waals surface area (Å²) < 4.78 is 5.19. The van der Waals surface area contributed by atoms with E-state index in [0.717, 1.165) is 17.7 Å². The first-order valence-electron chi connectivity index (χ1n) is 6.68. The molecule has 1 aliphatic rings. The topological polar surface area (TPSA) is 58.6 Å². The normalized spacial score (nSPS) is 22.7. The van der Waals surface area contributed by atoms with Gasteiger partial charge < -0.3 is 15.2 Å². The van der Waals surface area contributed by atoms with Gasteiger partial charge in [0, 0.05) is 19.1 Å². The molecule has 4 heteroatoms. The SMILES string of the molecule is COc1cccc(C2CC2C(=O)NCC(C)CO)c1. The fourth-order valence-corrected chi connectivity index (χ4v) is 2.20. The molecule has 0 bridgehead atoms. The van der Waals surface area contributed by atoms with Crippen molar-refractivity contribution in [1.82, 2.24) is 5.32 Å². The summed E-state index contributed by atoms with van der Waals surface area (Å²) in [4.78, 5) is 11.9. The van der Waals surface area contributed by atoms with E-state index in [1.54, 1.807) is 7.11 Å². The van der Waals surface area contributed by atoms with Crippen molar-refractivity contribution in [3.05, 3.63) is 29.8 Å². The van der Waals surface area contributed by atoms with Crippen molar-refractivity contribution < 1.29 is 14.6 Å². The number of carbonyl (C=O) groups is 1. The van der Waals surface area contributed by atoms with E-state index in [9.17, 15) is 4.79 Å². The molecule has 2 rings (SSSR count). The van der Waals surface area contributed by atoms with Crippen molar-refractivity contribution in [1.29, 1.82) is 0 Å². The van der Waals surface area contributed by atoms with Crippen molar-refractivity contribution in [3.8, 4) is 5.75 Å². The van der Waals surface area contributed by atoms with Gasteiger partial charge in [0.15, 0.2) is 0 Å². The average Bonchev–Trinajstić information content (AvgIpc) is 3.25. The number of rotatable bonds is 6. The number of benzene rings is 1. The Balaban J connectivity index is 1.87. The van der Waals surface area contributed by atoms with Gasteiger partial charge in [-0.05, 0) is 36.0 Å². The van der Waals surface area contributed by atoms with Gasteiger partial charge in [-0.1, -0.05) is 19.1 Å². The van der Waals surface area contributed by atoms with Crippen LogP contribution in [0.5, 0.6) is 5.75 Å². The first-order chi connectivity index (χ1) is 9.15. The fraction of sp³-hybridized carbons (Fsp3) is 0.533. The predicted octanol–water partition coefficient (Wildman–Crippen LogP) is 1.54. The molecule has 3 unspecified atom stereocenters. The Hall–Kier alpha value is -1.55. The Morgan fingerprint density at radius 1 is 1.58 bits per heavy atom. The number of ether oxygens (including phenoxy) is 1. The third-order valence-electron chi connectivity index (χ3n) is 3.59. The molecule has 3 atom stereocenters. The number of methoxy groups -OCH3 is 1. The monoisotopic (exact) mass is 263 g/mol. The number of carbonyl (C=O) groups excluding carboxylic acids is 1. The van der Waals surface area contributed by atoms with Crippen LogP contribution in [0.25, 0.3) is 0 Å². The Kier molecular flexibility index (Phi) is 4.43. The molecular formula is C15H21NO3. The van der Waals surface area contributed by atoms with Crippen LogP contribution >= 0.6 is 0 Å². The molecule has 0 heterocycles. The molecule has 0 aromatic heterocycles. The highest BCUT2D eigenvalue weighted by Crippen LogP contribution is 2.48. The van der Waals surface area contributed by atoms with E-state index in [1.165, 1.54) is 0 Å². The summed E-state index contributed by atoms with van der Waals surface area (Å²) in [6.07, 6.45) is 0.895. The standard InChI is InChI=1S/C15H21NO3/c1-10(9-17)8-16-15(18)14-7-13(14)11-4-3-5-12(6-11)19-2/h3-6,10,13-14,17H,7-9H2,1-2H3,(H,16,18). The lowest BCUT2D eigenvalue weighted by molar-refractivity contribution is -0.122. The number of aliphatic hydroxyl groups excluding tert-OH is 1. The number of aliphatic hydroxyl groups is 1. The summed E-state index contributed by atoms with van der Waals surface area (Å²) in [5, 5.41) is 11.8. The molecule has 1 aliphatic carbocycles. The van der Waals surface area contributed by atoms with E-state index >= 15 is 0 Å². The molecular weight excluding hydrogens is 242 g/mol. The Labute approximate surface area is 113 Å². The lowest BCUT2D eigenvalue weighted by Crippen LogP contribution is -2.31. The van der Waals surface area contributed by atoms with Crippen LogP contribution in [0.4, 0.5) is 0 Å². The van der Waals surface area contributed by atoms with Crippen LogP contribution in [-0.2, 0) is 4.79 Å². The highest BCUT2D eigenvalue weighted by molar-refractivity contribution is 5.82. The third-order valence-corrected chi connectivity index (χ3v) is 3.59. The molecule has 104 valence electrons. The fourth-order valence-electron chi connectivity index (χ4n) is 2.20. The maximum atomic E-state index is 11.9. The van der Waals surface area contributed by atoms with Gasteiger partial charge in [-0.15, -0.1) is 0 Å². The molecule has 1 saturated carbocycles. The van der Waals surface area contributed by atoms with Gasteiger partial charge in [0.2, 0.25) is 5.91 Å².